The van der Waals surface area contributed by atoms with Crippen LogP contribution in [0.15, 0.2) is 72.8 Å². The number of hydrogen-bond acceptors (Lipinski definition) is 2. The van der Waals surface area contributed by atoms with Crippen molar-refractivity contribution < 1.29 is 4.79 Å². The molecule has 0 atom stereocenters. The third-order valence-corrected chi connectivity index (χ3v) is 4.15. The van der Waals surface area contributed by atoms with Gasteiger partial charge in [-0.25, -0.2) is 4.98 Å². The summed E-state index contributed by atoms with van der Waals surface area (Å²) < 4.78 is 0. The molecule has 0 aliphatic rings. The van der Waals surface area contributed by atoms with Gasteiger partial charge in [0.1, 0.15) is 5.82 Å². The number of anilines is 1. The molecule has 0 unspecified atom stereocenters. The number of benzene rings is 3. The smallest absolute Gasteiger partial charge is 0.255 e. The van der Waals surface area contributed by atoms with Crippen LogP contribution < -0.4 is 5.32 Å². The molecule has 0 spiro atoms. The van der Waals surface area contributed by atoms with Crippen LogP contribution in [0.4, 0.5) is 5.69 Å². The van der Waals surface area contributed by atoms with Gasteiger partial charge in [0, 0.05) is 21.8 Å². The SMILES string of the molecule is O=C(Nc1ccc2nc(-c3ccc(Cl)cc3)[nH]c2c1)c1ccccc1. The fourth-order valence-corrected chi connectivity index (χ4v) is 2.75. The summed E-state index contributed by atoms with van der Waals surface area (Å²) in [6.07, 6.45) is 0. The van der Waals surface area contributed by atoms with Gasteiger partial charge in [0.25, 0.3) is 5.91 Å². The Balaban J connectivity index is 1.62. The minimum Gasteiger partial charge on any atom is -0.338 e. The van der Waals surface area contributed by atoms with Crippen LogP contribution in [0.2, 0.25) is 5.02 Å². The maximum atomic E-state index is 12.3. The first-order valence-electron chi connectivity index (χ1n) is 7.81. The minimum absolute atomic E-state index is 0.141. The molecule has 2 N–H and O–H groups in total. The molecule has 0 radical (unpaired) electrons. The van der Waals surface area contributed by atoms with Gasteiger partial charge >= 0.3 is 0 Å². The van der Waals surface area contributed by atoms with Gasteiger partial charge in [-0.05, 0) is 54.6 Å². The van der Waals surface area contributed by atoms with E-state index in [1.54, 1.807) is 12.1 Å². The lowest BCUT2D eigenvalue weighted by Gasteiger charge is -2.04. The third-order valence-electron chi connectivity index (χ3n) is 3.89. The summed E-state index contributed by atoms with van der Waals surface area (Å²) >= 11 is 5.93. The second-order valence-electron chi connectivity index (χ2n) is 5.64. The van der Waals surface area contributed by atoms with E-state index >= 15 is 0 Å². The van der Waals surface area contributed by atoms with Crippen molar-refractivity contribution in [2.45, 2.75) is 0 Å². The van der Waals surface area contributed by atoms with Gasteiger partial charge < -0.3 is 10.3 Å². The highest BCUT2D eigenvalue weighted by Crippen LogP contribution is 2.24. The average molecular weight is 348 g/mol. The largest absolute Gasteiger partial charge is 0.338 e. The highest BCUT2D eigenvalue weighted by molar-refractivity contribution is 6.30. The van der Waals surface area contributed by atoms with Crippen LogP contribution >= 0.6 is 11.6 Å². The average Bonchev–Trinajstić information content (AvgIpc) is 3.06. The number of carbonyl (C=O) groups excluding carboxylic acids is 1. The number of carbonyl (C=O) groups is 1. The van der Waals surface area contributed by atoms with Crippen LogP contribution in [0.3, 0.4) is 0 Å². The standard InChI is InChI=1S/C20H14ClN3O/c21-15-8-6-13(7-9-15)19-23-17-11-10-16(12-18(17)24-19)22-20(25)14-4-2-1-3-5-14/h1-12H,(H,22,25)(H,23,24). The number of hydrogen-bond donors (Lipinski definition) is 2. The predicted molar refractivity (Wildman–Crippen MR) is 101 cm³/mol. The zero-order chi connectivity index (χ0) is 17.2. The molecule has 0 fully saturated rings. The van der Waals surface area contributed by atoms with E-state index in [2.05, 4.69) is 15.3 Å². The molecule has 122 valence electrons. The number of H-pyrrole nitrogens is 1. The Morgan fingerprint density at radius 2 is 1.72 bits per heavy atom. The van der Waals surface area contributed by atoms with Crippen LogP contribution in [0.5, 0.6) is 0 Å². The molecule has 25 heavy (non-hydrogen) atoms. The molecule has 0 saturated heterocycles. The topological polar surface area (TPSA) is 57.8 Å². The predicted octanol–water partition coefficient (Wildman–Crippen LogP) is 5.14. The van der Waals surface area contributed by atoms with Gasteiger partial charge in [-0.2, -0.15) is 0 Å². The number of aromatic amines is 1. The van der Waals surface area contributed by atoms with Crippen LogP contribution in [0.1, 0.15) is 10.4 Å². The normalized spacial score (nSPS) is 10.8. The van der Waals surface area contributed by atoms with Crippen molar-refractivity contribution in [3.05, 3.63) is 83.4 Å². The van der Waals surface area contributed by atoms with E-state index in [9.17, 15) is 4.79 Å². The molecule has 4 rings (SSSR count). The molecule has 4 aromatic rings. The number of imidazole rings is 1. The van der Waals surface area contributed by atoms with Gasteiger partial charge in [-0.15, -0.1) is 0 Å². The Hall–Kier alpha value is -3.11. The lowest BCUT2D eigenvalue weighted by atomic mass is 10.2. The molecule has 5 heteroatoms. The molecule has 3 aromatic carbocycles. The quantitative estimate of drug-likeness (QED) is 0.539. The first-order chi connectivity index (χ1) is 12.2. The summed E-state index contributed by atoms with van der Waals surface area (Å²) in [7, 11) is 0. The van der Waals surface area contributed by atoms with Crippen molar-refractivity contribution >= 4 is 34.2 Å². The molecular weight excluding hydrogens is 334 g/mol. The molecule has 1 amide bonds. The number of aromatic nitrogens is 2. The molecular formula is C20H14ClN3O. The van der Waals surface area contributed by atoms with E-state index in [0.717, 1.165) is 22.4 Å². The van der Waals surface area contributed by atoms with E-state index in [1.807, 2.05) is 60.7 Å². The second kappa shape index (κ2) is 6.42. The molecule has 0 aliphatic carbocycles. The number of rotatable bonds is 3. The Labute approximate surface area is 149 Å². The highest BCUT2D eigenvalue weighted by Gasteiger charge is 2.09. The molecule has 0 aliphatic heterocycles. The lowest BCUT2D eigenvalue weighted by molar-refractivity contribution is 0.102. The number of nitrogens with one attached hydrogen (secondary N) is 2. The zero-order valence-electron chi connectivity index (χ0n) is 13.2. The van der Waals surface area contributed by atoms with E-state index in [0.29, 0.717) is 16.3 Å². The third kappa shape index (κ3) is 3.25. The van der Waals surface area contributed by atoms with Crippen molar-refractivity contribution in [2.24, 2.45) is 0 Å². The van der Waals surface area contributed by atoms with Crippen LogP contribution in [0.25, 0.3) is 22.4 Å². The minimum atomic E-state index is -0.141. The monoisotopic (exact) mass is 347 g/mol. The first kappa shape index (κ1) is 15.4. The van der Waals surface area contributed by atoms with Crippen molar-refractivity contribution in [1.29, 1.82) is 0 Å². The number of fused-ring (bicyclic) bond motifs is 1. The van der Waals surface area contributed by atoms with Gasteiger partial charge in [-0.1, -0.05) is 29.8 Å². The van der Waals surface area contributed by atoms with Gasteiger partial charge in [0.15, 0.2) is 0 Å². The molecule has 1 heterocycles. The summed E-state index contributed by atoms with van der Waals surface area (Å²) in [6.45, 7) is 0. The summed E-state index contributed by atoms with van der Waals surface area (Å²) in [5.74, 6) is 0.621. The van der Waals surface area contributed by atoms with Crippen LogP contribution in [-0.4, -0.2) is 15.9 Å². The fraction of sp³-hybridized carbons (Fsp3) is 0. The Morgan fingerprint density at radius 3 is 2.48 bits per heavy atom. The van der Waals surface area contributed by atoms with Crippen molar-refractivity contribution in [3.63, 3.8) is 0 Å². The van der Waals surface area contributed by atoms with E-state index in [1.165, 1.54) is 0 Å². The summed E-state index contributed by atoms with van der Waals surface area (Å²) in [5, 5.41) is 3.59. The summed E-state index contributed by atoms with van der Waals surface area (Å²) in [6, 6.07) is 22.2. The number of amides is 1. The Kier molecular flexibility index (Phi) is 3.96. The zero-order valence-corrected chi connectivity index (χ0v) is 13.9. The van der Waals surface area contributed by atoms with Crippen molar-refractivity contribution in [1.82, 2.24) is 9.97 Å². The number of halogens is 1. The first-order valence-corrected chi connectivity index (χ1v) is 8.19. The highest BCUT2D eigenvalue weighted by atomic mass is 35.5. The van der Waals surface area contributed by atoms with Gasteiger partial charge in [-0.3, -0.25) is 4.79 Å². The van der Waals surface area contributed by atoms with Crippen molar-refractivity contribution in [2.75, 3.05) is 5.32 Å². The maximum absolute atomic E-state index is 12.3. The molecule has 0 bridgehead atoms. The Morgan fingerprint density at radius 1 is 0.960 bits per heavy atom. The van der Waals surface area contributed by atoms with Crippen LogP contribution in [0, 0.1) is 0 Å². The van der Waals surface area contributed by atoms with E-state index in [-0.39, 0.29) is 5.91 Å². The van der Waals surface area contributed by atoms with E-state index < -0.39 is 0 Å². The van der Waals surface area contributed by atoms with Gasteiger partial charge in [0.05, 0.1) is 11.0 Å². The molecule has 1 aromatic heterocycles. The van der Waals surface area contributed by atoms with E-state index in [4.69, 9.17) is 11.6 Å². The van der Waals surface area contributed by atoms with Gasteiger partial charge in [0.2, 0.25) is 0 Å². The van der Waals surface area contributed by atoms with Crippen molar-refractivity contribution in [3.8, 4) is 11.4 Å². The summed E-state index contributed by atoms with van der Waals surface area (Å²) in [5.41, 5.74) is 3.98. The fourth-order valence-electron chi connectivity index (χ4n) is 2.62. The molecule has 4 nitrogen and oxygen atoms in total. The lowest BCUT2D eigenvalue weighted by Crippen LogP contribution is -2.11. The second-order valence-corrected chi connectivity index (χ2v) is 6.08. The maximum Gasteiger partial charge on any atom is 0.255 e. The number of nitrogens with zero attached hydrogens (tertiary/aromatic N) is 1. The summed E-state index contributed by atoms with van der Waals surface area (Å²) in [4.78, 5) is 20.1. The van der Waals surface area contributed by atoms with Crippen LogP contribution in [-0.2, 0) is 0 Å². The molecule has 0 saturated carbocycles. The Bertz CT molecular complexity index is 1040.